The van der Waals surface area contributed by atoms with Crippen LogP contribution in [0.15, 0.2) is 0 Å². The predicted molar refractivity (Wildman–Crippen MR) is 59.4 cm³/mol. The number of rotatable bonds is 4. The molecule has 0 aliphatic carbocycles. The van der Waals surface area contributed by atoms with Crippen LogP contribution < -0.4 is 0 Å². The monoisotopic (exact) mass is 200 g/mol. The van der Waals surface area contributed by atoms with Crippen LogP contribution in [0.4, 0.5) is 0 Å². The molecule has 0 aromatic heterocycles. The van der Waals surface area contributed by atoms with Gasteiger partial charge in [-0.25, -0.2) is 0 Å². The molecule has 1 fully saturated rings. The minimum atomic E-state index is -0.215. The van der Waals surface area contributed by atoms with Gasteiger partial charge in [-0.3, -0.25) is 4.90 Å². The SMILES string of the molecule is CCCN1CCN(C(C)C(C)O)CC1. The van der Waals surface area contributed by atoms with E-state index in [-0.39, 0.29) is 6.10 Å². The lowest BCUT2D eigenvalue weighted by Crippen LogP contribution is -2.52. The molecule has 2 atom stereocenters. The Kier molecular flexibility index (Phi) is 4.85. The summed E-state index contributed by atoms with van der Waals surface area (Å²) in [6.45, 7) is 12.0. The first-order chi connectivity index (χ1) is 6.65. The normalized spacial score (nSPS) is 24.9. The maximum atomic E-state index is 9.49. The lowest BCUT2D eigenvalue weighted by Gasteiger charge is -2.38. The molecule has 0 spiro atoms. The van der Waals surface area contributed by atoms with Gasteiger partial charge in [0.15, 0.2) is 0 Å². The van der Waals surface area contributed by atoms with Crippen molar-refractivity contribution < 1.29 is 5.11 Å². The Bertz CT molecular complexity index is 153. The van der Waals surface area contributed by atoms with Crippen LogP contribution >= 0.6 is 0 Å². The van der Waals surface area contributed by atoms with Crippen molar-refractivity contribution >= 4 is 0 Å². The number of hydrogen-bond donors (Lipinski definition) is 1. The largest absolute Gasteiger partial charge is 0.392 e. The van der Waals surface area contributed by atoms with E-state index >= 15 is 0 Å². The molecule has 0 amide bonds. The Morgan fingerprint density at radius 1 is 1.14 bits per heavy atom. The van der Waals surface area contributed by atoms with Crippen molar-refractivity contribution in [1.82, 2.24) is 9.80 Å². The van der Waals surface area contributed by atoms with Crippen LogP contribution in [0.5, 0.6) is 0 Å². The number of piperazine rings is 1. The average molecular weight is 200 g/mol. The van der Waals surface area contributed by atoms with Gasteiger partial charge in [-0.05, 0) is 26.8 Å². The summed E-state index contributed by atoms with van der Waals surface area (Å²) in [7, 11) is 0. The zero-order valence-electron chi connectivity index (χ0n) is 9.74. The highest BCUT2D eigenvalue weighted by Crippen LogP contribution is 2.09. The van der Waals surface area contributed by atoms with Gasteiger partial charge in [-0.2, -0.15) is 0 Å². The molecule has 84 valence electrons. The molecular weight excluding hydrogens is 176 g/mol. The number of aliphatic hydroxyl groups is 1. The molecule has 1 rings (SSSR count). The number of nitrogens with zero attached hydrogens (tertiary/aromatic N) is 2. The maximum Gasteiger partial charge on any atom is 0.0664 e. The molecule has 1 N–H and O–H groups in total. The third kappa shape index (κ3) is 3.23. The van der Waals surface area contributed by atoms with Gasteiger partial charge in [0.05, 0.1) is 6.10 Å². The van der Waals surface area contributed by atoms with Crippen molar-refractivity contribution in [3.05, 3.63) is 0 Å². The lowest BCUT2D eigenvalue weighted by molar-refractivity contribution is 0.0356. The number of aliphatic hydroxyl groups excluding tert-OH is 1. The average Bonchev–Trinajstić information content (AvgIpc) is 2.18. The van der Waals surface area contributed by atoms with Crippen molar-refractivity contribution in [1.29, 1.82) is 0 Å². The van der Waals surface area contributed by atoms with E-state index in [0.717, 1.165) is 26.2 Å². The summed E-state index contributed by atoms with van der Waals surface area (Å²) in [6.07, 6.45) is 1.03. The van der Waals surface area contributed by atoms with Crippen LogP contribution in [0, 0.1) is 0 Å². The van der Waals surface area contributed by atoms with E-state index in [2.05, 4.69) is 23.6 Å². The Balaban J connectivity index is 2.28. The van der Waals surface area contributed by atoms with Crippen LogP contribution in [0.2, 0.25) is 0 Å². The lowest BCUT2D eigenvalue weighted by atomic mass is 10.1. The minimum absolute atomic E-state index is 0.215. The molecule has 0 aromatic carbocycles. The Morgan fingerprint density at radius 2 is 1.71 bits per heavy atom. The summed E-state index contributed by atoms with van der Waals surface area (Å²) < 4.78 is 0. The molecule has 0 radical (unpaired) electrons. The zero-order chi connectivity index (χ0) is 10.6. The molecule has 0 bridgehead atoms. The smallest absolute Gasteiger partial charge is 0.0664 e. The van der Waals surface area contributed by atoms with Crippen LogP contribution in [0.3, 0.4) is 0 Å². The van der Waals surface area contributed by atoms with Gasteiger partial charge in [0.25, 0.3) is 0 Å². The van der Waals surface area contributed by atoms with Gasteiger partial charge in [0.1, 0.15) is 0 Å². The van der Waals surface area contributed by atoms with E-state index in [4.69, 9.17) is 0 Å². The second-order valence-corrected chi connectivity index (χ2v) is 4.36. The Hall–Kier alpha value is -0.120. The fourth-order valence-electron chi connectivity index (χ4n) is 2.02. The van der Waals surface area contributed by atoms with Crippen LogP contribution in [-0.4, -0.2) is 59.8 Å². The molecule has 1 aliphatic heterocycles. The van der Waals surface area contributed by atoms with E-state index in [1.165, 1.54) is 13.0 Å². The minimum Gasteiger partial charge on any atom is -0.392 e. The van der Waals surface area contributed by atoms with Gasteiger partial charge in [-0.1, -0.05) is 6.92 Å². The van der Waals surface area contributed by atoms with Crippen molar-refractivity contribution in [2.75, 3.05) is 32.7 Å². The molecule has 1 aliphatic rings. The van der Waals surface area contributed by atoms with Crippen LogP contribution in [-0.2, 0) is 0 Å². The van der Waals surface area contributed by atoms with Crippen molar-refractivity contribution in [3.63, 3.8) is 0 Å². The predicted octanol–water partition coefficient (Wildman–Crippen LogP) is 0.783. The third-order valence-corrected chi connectivity index (χ3v) is 3.22. The molecule has 1 heterocycles. The number of hydrogen-bond acceptors (Lipinski definition) is 3. The van der Waals surface area contributed by atoms with E-state index in [9.17, 15) is 5.11 Å². The fourth-order valence-corrected chi connectivity index (χ4v) is 2.02. The first-order valence-electron chi connectivity index (χ1n) is 5.79. The summed E-state index contributed by atoms with van der Waals surface area (Å²) in [6, 6.07) is 0.304. The molecule has 0 saturated carbocycles. The summed E-state index contributed by atoms with van der Waals surface area (Å²) in [4.78, 5) is 4.89. The summed E-state index contributed by atoms with van der Waals surface area (Å²) in [5.41, 5.74) is 0. The fraction of sp³-hybridized carbons (Fsp3) is 1.00. The van der Waals surface area contributed by atoms with Crippen LogP contribution in [0.25, 0.3) is 0 Å². The molecule has 0 aromatic rings. The van der Waals surface area contributed by atoms with E-state index in [0.29, 0.717) is 6.04 Å². The van der Waals surface area contributed by atoms with Gasteiger partial charge < -0.3 is 10.0 Å². The second kappa shape index (κ2) is 5.69. The summed E-state index contributed by atoms with van der Waals surface area (Å²) >= 11 is 0. The second-order valence-electron chi connectivity index (χ2n) is 4.36. The topological polar surface area (TPSA) is 26.7 Å². The highest BCUT2D eigenvalue weighted by Gasteiger charge is 2.22. The molecule has 1 saturated heterocycles. The maximum absolute atomic E-state index is 9.49. The standard InChI is InChI=1S/C11H24N2O/c1-4-5-12-6-8-13(9-7-12)10(2)11(3)14/h10-11,14H,4-9H2,1-3H3. The highest BCUT2D eigenvalue weighted by atomic mass is 16.3. The van der Waals surface area contributed by atoms with E-state index in [1.807, 2.05) is 6.92 Å². The van der Waals surface area contributed by atoms with Crippen molar-refractivity contribution in [3.8, 4) is 0 Å². The first-order valence-corrected chi connectivity index (χ1v) is 5.79. The molecule has 3 heteroatoms. The molecule has 2 unspecified atom stereocenters. The molecule has 14 heavy (non-hydrogen) atoms. The molecule has 3 nitrogen and oxygen atoms in total. The quantitative estimate of drug-likeness (QED) is 0.726. The Labute approximate surface area is 87.7 Å². The zero-order valence-corrected chi connectivity index (χ0v) is 9.74. The molecular formula is C11H24N2O. The van der Waals surface area contributed by atoms with Crippen molar-refractivity contribution in [2.45, 2.75) is 39.3 Å². The highest BCUT2D eigenvalue weighted by molar-refractivity contribution is 4.78. The van der Waals surface area contributed by atoms with Gasteiger partial charge >= 0.3 is 0 Å². The summed E-state index contributed by atoms with van der Waals surface area (Å²) in [5.74, 6) is 0. The van der Waals surface area contributed by atoms with Gasteiger partial charge in [0.2, 0.25) is 0 Å². The summed E-state index contributed by atoms with van der Waals surface area (Å²) in [5, 5.41) is 9.49. The van der Waals surface area contributed by atoms with E-state index in [1.54, 1.807) is 0 Å². The third-order valence-electron chi connectivity index (χ3n) is 3.22. The van der Waals surface area contributed by atoms with Gasteiger partial charge in [-0.15, -0.1) is 0 Å². The van der Waals surface area contributed by atoms with Gasteiger partial charge in [0, 0.05) is 32.2 Å². The Morgan fingerprint density at radius 3 is 2.14 bits per heavy atom. The van der Waals surface area contributed by atoms with Crippen molar-refractivity contribution in [2.24, 2.45) is 0 Å². The van der Waals surface area contributed by atoms with E-state index < -0.39 is 0 Å². The van der Waals surface area contributed by atoms with Crippen LogP contribution in [0.1, 0.15) is 27.2 Å². The first kappa shape index (κ1) is 12.0.